The van der Waals surface area contributed by atoms with Crippen molar-refractivity contribution < 1.29 is 9.30 Å². The summed E-state index contributed by atoms with van der Waals surface area (Å²) in [4.78, 5) is 35.4. The van der Waals surface area contributed by atoms with Gasteiger partial charge in [0.2, 0.25) is 0 Å². The van der Waals surface area contributed by atoms with Crippen LogP contribution in [0, 0.1) is 0 Å². The third kappa shape index (κ3) is 4.46. The number of H-pyrrole nitrogens is 2. The van der Waals surface area contributed by atoms with Crippen LogP contribution in [0.1, 0.15) is 30.3 Å². The SMILES string of the molecule is COc1cnc(-[n+]2c[nH]c(CN3CCCC(c4nc(-c5cccs5)cc(=O)[nH]4)C3)c2)nc1. The van der Waals surface area contributed by atoms with Gasteiger partial charge in [0, 0.05) is 18.5 Å². The lowest BCUT2D eigenvalue weighted by molar-refractivity contribution is -0.602. The zero-order valence-corrected chi connectivity index (χ0v) is 18.5. The van der Waals surface area contributed by atoms with Crippen molar-refractivity contribution >= 4 is 11.3 Å². The second kappa shape index (κ2) is 9.01. The molecule has 5 rings (SSSR count). The Kier molecular flexibility index (Phi) is 5.78. The zero-order chi connectivity index (χ0) is 21.9. The monoisotopic (exact) mass is 450 g/mol. The summed E-state index contributed by atoms with van der Waals surface area (Å²) < 4.78 is 6.98. The molecule has 2 N–H and O–H groups in total. The number of methoxy groups -OCH3 is 1. The Balaban J connectivity index is 1.29. The van der Waals surface area contributed by atoms with Crippen molar-refractivity contribution in [3.8, 4) is 22.3 Å². The lowest BCUT2D eigenvalue weighted by Crippen LogP contribution is -2.35. The molecule has 1 atom stereocenters. The average Bonchev–Trinajstić information content (AvgIpc) is 3.52. The van der Waals surface area contributed by atoms with Gasteiger partial charge in [0.25, 0.3) is 5.56 Å². The van der Waals surface area contributed by atoms with Gasteiger partial charge in [0.15, 0.2) is 12.1 Å². The number of ether oxygens (including phenoxy) is 1. The summed E-state index contributed by atoms with van der Waals surface area (Å²) >= 11 is 1.60. The second-order valence-corrected chi connectivity index (χ2v) is 8.77. The molecule has 5 heterocycles. The van der Waals surface area contributed by atoms with Crippen molar-refractivity contribution in [2.24, 2.45) is 0 Å². The molecule has 0 aliphatic carbocycles. The van der Waals surface area contributed by atoms with Crippen LogP contribution in [0.15, 0.2) is 53.3 Å². The van der Waals surface area contributed by atoms with E-state index in [1.165, 1.54) is 0 Å². The van der Waals surface area contributed by atoms with Gasteiger partial charge >= 0.3 is 5.95 Å². The number of nitrogens with zero attached hydrogens (tertiary/aromatic N) is 5. The van der Waals surface area contributed by atoms with Crippen LogP contribution in [0.3, 0.4) is 0 Å². The highest BCUT2D eigenvalue weighted by Gasteiger charge is 2.25. The quantitative estimate of drug-likeness (QED) is 0.437. The van der Waals surface area contributed by atoms with E-state index in [4.69, 9.17) is 9.72 Å². The maximum Gasteiger partial charge on any atom is 0.389 e. The first-order valence-electron chi connectivity index (χ1n) is 10.5. The van der Waals surface area contributed by atoms with Gasteiger partial charge in [-0.05, 0) is 30.8 Å². The number of likely N-dealkylation sites (tertiary alicyclic amines) is 1. The largest absolute Gasteiger partial charge is 0.491 e. The van der Waals surface area contributed by atoms with Crippen LogP contribution in [0.4, 0.5) is 0 Å². The first-order valence-corrected chi connectivity index (χ1v) is 11.4. The lowest BCUT2D eigenvalue weighted by Gasteiger charge is -2.31. The summed E-state index contributed by atoms with van der Waals surface area (Å²) in [7, 11) is 1.59. The van der Waals surface area contributed by atoms with Gasteiger partial charge in [-0.25, -0.2) is 4.98 Å². The van der Waals surface area contributed by atoms with Crippen LogP contribution in [0.2, 0.25) is 0 Å². The molecule has 0 saturated carbocycles. The predicted molar refractivity (Wildman–Crippen MR) is 120 cm³/mol. The minimum absolute atomic E-state index is 0.0968. The number of aromatic nitrogens is 6. The van der Waals surface area contributed by atoms with E-state index in [0.29, 0.717) is 11.7 Å². The van der Waals surface area contributed by atoms with Crippen molar-refractivity contribution in [2.45, 2.75) is 25.3 Å². The van der Waals surface area contributed by atoms with Gasteiger partial charge in [-0.3, -0.25) is 14.7 Å². The highest BCUT2D eigenvalue weighted by Crippen LogP contribution is 2.27. The van der Waals surface area contributed by atoms with Crippen LogP contribution in [0.25, 0.3) is 16.5 Å². The van der Waals surface area contributed by atoms with Crippen molar-refractivity contribution in [3.63, 3.8) is 0 Å². The molecule has 1 fully saturated rings. The summed E-state index contributed by atoms with van der Waals surface area (Å²) in [5.74, 6) is 2.18. The molecule has 32 heavy (non-hydrogen) atoms. The van der Waals surface area contributed by atoms with Crippen molar-refractivity contribution in [3.05, 3.63) is 70.4 Å². The average molecular weight is 451 g/mol. The summed E-state index contributed by atoms with van der Waals surface area (Å²) in [6.45, 7) is 2.62. The van der Waals surface area contributed by atoms with Crippen molar-refractivity contribution in [1.82, 2.24) is 29.8 Å². The topological polar surface area (TPSA) is 104 Å². The van der Waals surface area contributed by atoms with Crippen molar-refractivity contribution in [2.75, 3.05) is 20.2 Å². The fourth-order valence-electron chi connectivity index (χ4n) is 4.03. The molecule has 0 radical (unpaired) electrons. The summed E-state index contributed by atoms with van der Waals surface area (Å²) in [6, 6.07) is 5.55. The number of hydrogen-bond donors (Lipinski definition) is 2. The molecule has 0 amide bonds. The summed E-state index contributed by atoms with van der Waals surface area (Å²) in [6.07, 6.45) is 9.22. The molecule has 1 unspecified atom stereocenters. The summed E-state index contributed by atoms with van der Waals surface area (Å²) in [5.41, 5.74) is 1.72. The van der Waals surface area contributed by atoms with E-state index in [-0.39, 0.29) is 11.5 Å². The molecule has 10 heteroatoms. The molecule has 0 aromatic carbocycles. The van der Waals surface area contributed by atoms with Crippen LogP contribution in [-0.2, 0) is 6.54 Å². The van der Waals surface area contributed by atoms with E-state index in [1.807, 2.05) is 34.6 Å². The molecule has 1 aliphatic heterocycles. The Morgan fingerprint density at radius 3 is 3.00 bits per heavy atom. The molecule has 1 saturated heterocycles. The third-order valence-electron chi connectivity index (χ3n) is 5.58. The predicted octanol–water partition coefficient (Wildman–Crippen LogP) is 2.28. The third-order valence-corrected chi connectivity index (χ3v) is 6.48. The number of aromatic amines is 2. The summed E-state index contributed by atoms with van der Waals surface area (Å²) in [5, 5.41) is 2.00. The van der Waals surface area contributed by atoms with Gasteiger partial charge in [0.05, 0.1) is 30.4 Å². The fraction of sp³-hybridized carbons (Fsp3) is 0.318. The number of nitrogens with one attached hydrogen (secondary N) is 2. The van der Waals surface area contributed by atoms with Gasteiger partial charge in [-0.2, -0.15) is 4.57 Å². The molecule has 164 valence electrons. The molecule has 0 bridgehead atoms. The highest BCUT2D eigenvalue weighted by atomic mass is 32.1. The fourth-order valence-corrected chi connectivity index (χ4v) is 4.71. The Bertz CT molecular complexity index is 1230. The Hall–Kier alpha value is -3.37. The maximum atomic E-state index is 12.3. The number of hydrogen-bond acceptors (Lipinski definition) is 7. The van der Waals surface area contributed by atoms with E-state index in [9.17, 15) is 4.79 Å². The zero-order valence-electron chi connectivity index (χ0n) is 17.7. The minimum atomic E-state index is -0.0968. The molecular formula is C22H24N7O2S+. The lowest BCUT2D eigenvalue weighted by atomic mass is 9.97. The Morgan fingerprint density at radius 1 is 1.34 bits per heavy atom. The number of rotatable bonds is 6. The van der Waals surface area contributed by atoms with Crippen molar-refractivity contribution in [1.29, 1.82) is 0 Å². The molecule has 9 nitrogen and oxygen atoms in total. The Labute approximate surface area is 188 Å². The minimum Gasteiger partial charge on any atom is -0.491 e. The normalized spacial score (nSPS) is 16.8. The van der Waals surface area contributed by atoms with Crippen LogP contribution in [-0.4, -0.2) is 50.0 Å². The standard InChI is InChI=1S/C22H23N7O2S/c1-31-17-9-23-22(24-10-17)29-13-16(25-14-29)12-28-6-2-4-15(11-28)21-26-18(8-20(30)27-21)19-5-3-7-32-19/h3,5,7-10,13-15H,2,4,6,11-12H2,1H3,(H,26,27,30)/p+1. The van der Waals surface area contributed by atoms with Crippen LogP contribution >= 0.6 is 11.3 Å². The van der Waals surface area contributed by atoms with E-state index in [2.05, 4.69) is 24.8 Å². The van der Waals surface area contributed by atoms with Gasteiger partial charge in [0.1, 0.15) is 23.9 Å². The molecule has 0 spiro atoms. The van der Waals surface area contributed by atoms with Gasteiger partial charge in [-0.15, -0.1) is 21.3 Å². The van der Waals surface area contributed by atoms with E-state index in [0.717, 1.165) is 54.6 Å². The smallest absolute Gasteiger partial charge is 0.389 e. The van der Waals surface area contributed by atoms with E-state index in [1.54, 1.807) is 36.9 Å². The first-order chi connectivity index (χ1) is 15.7. The van der Waals surface area contributed by atoms with Crippen LogP contribution < -0.4 is 14.9 Å². The molecule has 1 aliphatic rings. The van der Waals surface area contributed by atoms with Gasteiger partial charge < -0.3 is 9.72 Å². The number of piperidine rings is 1. The maximum absolute atomic E-state index is 12.3. The Morgan fingerprint density at radius 2 is 2.22 bits per heavy atom. The second-order valence-electron chi connectivity index (χ2n) is 7.83. The van der Waals surface area contributed by atoms with Crippen LogP contribution in [0.5, 0.6) is 5.75 Å². The number of thiophene rings is 1. The first kappa shape index (κ1) is 20.5. The number of imidazole rings is 1. The van der Waals surface area contributed by atoms with E-state index >= 15 is 0 Å². The molecule has 4 aromatic rings. The van der Waals surface area contributed by atoms with Gasteiger partial charge in [-0.1, -0.05) is 6.07 Å². The van der Waals surface area contributed by atoms with E-state index < -0.39 is 0 Å². The molecule has 4 aromatic heterocycles. The highest BCUT2D eigenvalue weighted by molar-refractivity contribution is 7.13. The molecular weight excluding hydrogens is 426 g/mol.